The van der Waals surface area contributed by atoms with Gasteiger partial charge in [-0.1, -0.05) is 18.2 Å². The third-order valence-corrected chi connectivity index (χ3v) is 5.44. The molecular weight excluding hydrogens is 376 g/mol. The molecule has 0 aromatic heterocycles. The molecule has 2 N–H and O–H groups in total. The van der Waals surface area contributed by atoms with Crippen molar-refractivity contribution in [2.75, 3.05) is 42.9 Å². The van der Waals surface area contributed by atoms with Gasteiger partial charge in [0, 0.05) is 62.6 Å². The summed E-state index contributed by atoms with van der Waals surface area (Å²) in [7, 11) is 0. The quantitative estimate of drug-likeness (QED) is 0.738. The summed E-state index contributed by atoms with van der Waals surface area (Å²) in [6.45, 7) is 10.7. The highest BCUT2D eigenvalue weighted by molar-refractivity contribution is 5.96. The van der Waals surface area contributed by atoms with E-state index in [1.807, 2.05) is 6.92 Å². The van der Waals surface area contributed by atoms with Crippen LogP contribution in [0.1, 0.15) is 36.2 Å². The van der Waals surface area contributed by atoms with E-state index in [0.29, 0.717) is 11.3 Å². The van der Waals surface area contributed by atoms with Crippen molar-refractivity contribution in [2.24, 2.45) is 0 Å². The first kappa shape index (κ1) is 21.8. The number of aryl methyl sites for hydroxylation is 1. The maximum absolute atomic E-state index is 12.5. The Bertz CT molecular complexity index is 875. The van der Waals surface area contributed by atoms with Crippen LogP contribution in [-0.2, 0) is 4.79 Å². The van der Waals surface area contributed by atoms with Gasteiger partial charge >= 0.3 is 0 Å². The first-order valence-electron chi connectivity index (χ1n) is 10.6. The zero-order valence-corrected chi connectivity index (χ0v) is 18.1. The molecule has 0 radical (unpaired) electrons. The molecule has 1 unspecified atom stereocenters. The monoisotopic (exact) mass is 408 g/mol. The van der Waals surface area contributed by atoms with Crippen molar-refractivity contribution in [2.45, 2.75) is 33.2 Å². The van der Waals surface area contributed by atoms with Crippen LogP contribution < -0.4 is 15.5 Å². The Morgan fingerprint density at radius 2 is 1.77 bits per heavy atom. The van der Waals surface area contributed by atoms with Crippen molar-refractivity contribution in [1.29, 1.82) is 0 Å². The van der Waals surface area contributed by atoms with Gasteiger partial charge < -0.3 is 15.5 Å². The molecule has 0 saturated carbocycles. The minimum Gasteiger partial charge on any atom is -0.369 e. The Morgan fingerprint density at radius 3 is 2.47 bits per heavy atom. The van der Waals surface area contributed by atoms with E-state index in [9.17, 15) is 9.59 Å². The van der Waals surface area contributed by atoms with Gasteiger partial charge in [-0.3, -0.25) is 14.5 Å². The molecule has 0 bridgehead atoms. The second-order valence-corrected chi connectivity index (χ2v) is 8.09. The van der Waals surface area contributed by atoms with Crippen LogP contribution in [0.15, 0.2) is 48.5 Å². The summed E-state index contributed by atoms with van der Waals surface area (Å²) in [4.78, 5) is 28.6. The summed E-state index contributed by atoms with van der Waals surface area (Å²) in [6, 6.07) is 15.8. The summed E-state index contributed by atoms with van der Waals surface area (Å²) >= 11 is 0. The molecule has 2 aromatic carbocycles. The van der Waals surface area contributed by atoms with E-state index in [0.717, 1.165) is 39.1 Å². The fourth-order valence-corrected chi connectivity index (χ4v) is 3.75. The van der Waals surface area contributed by atoms with Crippen LogP contribution in [0.4, 0.5) is 11.4 Å². The summed E-state index contributed by atoms with van der Waals surface area (Å²) in [6.07, 6.45) is 0.904. The number of benzene rings is 2. The normalized spacial score (nSPS) is 15.5. The average molecular weight is 409 g/mol. The SMILES string of the molecule is CC(=O)Nc1cccc(C(=O)NC(C)CCN2CCN(c3cccc(C)c3)CC2)c1. The summed E-state index contributed by atoms with van der Waals surface area (Å²) < 4.78 is 0. The molecule has 0 aliphatic carbocycles. The number of hydrogen-bond donors (Lipinski definition) is 2. The number of amides is 2. The van der Waals surface area contributed by atoms with Crippen molar-refractivity contribution in [3.63, 3.8) is 0 Å². The van der Waals surface area contributed by atoms with Gasteiger partial charge in [0.25, 0.3) is 5.91 Å². The molecule has 1 fully saturated rings. The molecule has 1 aliphatic heterocycles. The van der Waals surface area contributed by atoms with Crippen LogP contribution in [0.2, 0.25) is 0 Å². The Labute approximate surface area is 179 Å². The highest BCUT2D eigenvalue weighted by atomic mass is 16.2. The zero-order valence-electron chi connectivity index (χ0n) is 18.1. The van der Waals surface area contributed by atoms with Crippen LogP contribution in [0.5, 0.6) is 0 Å². The number of rotatable bonds is 7. The standard InChI is InChI=1S/C24H32N4O2/c1-18-6-4-9-23(16-18)28-14-12-27(13-15-28)11-10-19(2)25-24(30)21-7-5-8-22(17-21)26-20(3)29/h4-9,16-17,19H,10-15H2,1-3H3,(H,25,30)(H,26,29). The van der Waals surface area contributed by atoms with Crippen molar-refractivity contribution in [1.82, 2.24) is 10.2 Å². The van der Waals surface area contributed by atoms with Crippen molar-refractivity contribution < 1.29 is 9.59 Å². The van der Waals surface area contributed by atoms with Gasteiger partial charge in [-0.25, -0.2) is 0 Å². The maximum atomic E-state index is 12.5. The van der Waals surface area contributed by atoms with E-state index < -0.39 is 0 Å². The molecule has 160 valence electrons. The topological polar surface area (TPSA) is 64.7 Å². The Hall–Kier alpha value is -2.86. The lowest BCUT2D eigenvalue weighted by molar-refractivity contribution is -0.114. The van der Waals surface area contributed by atoms with Gasteiger partial charge in [0.05, 0.1) is 0 Å². The predicted molar refractivity (Wildman–Crippen MR) is 122 cm³/mol. The first-order valence-corrected chi connectivity index (χ1v) is 10.6. The fraction of sp³-hybridized carbons (Fsp3) is 0.417. The van der Waals surface area contributed by atoms with Gasteiger partial charge in [-0.15, -0.1) is 0 Å². The lowest BCUT2D eigenvalue weighted by Gasteiger charge is -2.36. The predicted octanol–water partition coefficient (Wildman–Crippen LogP) is 3.28. The maximum Gasteiger partial charge on any atom is 0.251 e. The molecule has 6 nitrogen and oxygen atoms in total. The largest absolute Gasteiger partial charge is 0.369 e. The minimum absolute atomic E-state index is 0.0803. The van der Waals surface area contributed by atoms with Gasteiger partial charge in [-0.2, -0.15) is 0 Å². The number of nitrogens with zero attached hydrogens (tertiary/aromatic N) is 2. The first-order chi connectivity index (χ1) is 14.4. The minimum atomic E-state index is -0.150. The second-order valence-electron chi connectivity index (χ2n) is 8.09. The van der Waals surface area contributed by atoms with Crippen molar-refractivity contribution >= 4 is 23.2 Å². The number of anilines is 2. The third-order valence-electron chi connectivity index (χ3n) is 5.44. The number of piperazine rings is 1. The Kier molecular flexibility index (Phi) is 7.46. The molecule has 3 rings (SSSR count). The van der Waals surface area contributed by atoms with Gasteiger partial charge in [0.1, 0.15) is 0 Å². The number of carbonyl (C=O) groups excluding carboxylic acids is 2. The summed E-state index contributed by atoms with van der Waals surface area (Å²) in [5, 5.41) is 5.78. The van der Waals surface area contributed by atoms with Gasteiger partial charge in [0.2, 0.25) is 5.91 Å². The molecule has 2 amide bonds. The third kappa shape index (κ3) is 6.32. The molecule has 1 heterocycles. The average Bonchev–Trinajstić information content (AvgIpc) is 2.72. The molecular formula is C24H32N4O2. The van der Waals surface area contributed by atoms with E-state index in [1.165, 1.54) is 18.2 Å². The van der Waals surface area contributed by atoms with E-state index in [2.05, 4.69) is 51.6 Å². The van der Waals surface area contributed by atoms with Crippen LogP contribution >= 0.6 is 0 Å². The van der Waals surface area contributed by atoms with E-state index in [4.69, 9.17) is 0 Å². The van der Waals surface area contributed by atoms with Crippen molar-refractivity contribution in [3.8, 4) is 0 Å². The van der Waals surface area contributed by atoms with Crippen LogP contribution in [-0.4, -0.2) is 55.5 Å². The smallest absolute Gasteiger partial charge is 0.251 e. The molecule has 30 heavy (non-hydrogen) atoms. The number of nitrogens with one attached hydrogen (secondary N) is 2. The summed E-state index contributed by atoms with van der Waals surface area (Å²) in [5.41, 5.74) is 3.79. The molecule has 0 spiro atoms. The molecule has 2 aromatic rings. The second kappa shape index (κ2) is 10.3. The number of carbonyl (C=O) groups is 2. The molecule has 1 saturated heterocycles. The highest BCUT2D eigenvalue weighted by Crippen LogP contribution is 2.18. The lowest BCUT2D eigenvalue weighted by atomic mass is 10.1. The Balaban J connectivity index is 1.42. The van der Waals surface area contributed by atoms with E-state index >= 15 is 0 Å². The lowest BCUT2D eigenvalue weighted by Crippen LogP contribution is -2.47. The highest BCUT2D eigenvalue weighted by Gasteiger charge is 2.18. The van der Waals surface area contributed by atoms with Gasteiger partial charge in [-0.05, 0) is 56.2 Å². The van der Waals surface area contributed by atoms with Crippen LogP contribution in [0.3, 0.4) is 0 Å². The summed E-state index contributed by atoms with van der Waals surface area (Å²) in [5.74, 6) is -0.262. The van der Waals surface area contributed by atoms with Crippen molar-refractivity contribution in [3.05, 3.63) is 59.7 Å². The number of hydrogen-bond acceptors (Lipinski definition) is 4. The fourth-order valence-electron chi connectivity index (χ4n) is 3.75. The van der Waals surface area contributed by atoms with E-state index in [1.54, 1.807) is 24.3 Å². The molecule has 1 aliphatic rings. The Morgan fingerprint density at radius 1 is 1.03 bits per heavy atom. The molecule has 6 heteroatoms. The van der Waals surface area contributed by atoms with Crippen LogP contribution in [0, 0.1) is 6.92 Å². The zero-order chi connectivity index (χ0) is 21.5. The van der Waals surface area contributed by atoms with E-state index in [-0.39, 0.29) is 17.9 Å². The van der Waals surface area contributed by atoms with Gasteiger partial charge in [0.15, 0.2) is 0 Å². The van der Waals surface area contributed by atoms with Crippen LogP contribution in [0.25, 0.3) is 0 Å². The molecule has 1 atom stereocenters.